The van der Waals surface area contributed by atoms with Gasteiger partial charge in [0, 0.05) is 0 Å². The fourth-order valence-corrected chi connectivity index (χ4v) is 2.55. The van der Waals surface area contributed by atoms with Crippen LogP contribution in [0.1, 0.15) is 50.7 Å². The van der Waals surface area contributed by atoms with Crippen LogP contribution in [-0.4, -0.2) is 69.6 Å². The number of hydrazine groups is 2. The van der Waals surface area contributed by atoms with E-state index in [4.69, 9.17) is 41.6 Å². The quantitative estimate of drug-likeness (QED) is 0.104. The Hall–Kier alpha value is -4.24. The van der Waals surface area contributed by atoms with Crippen molar-refractivity contribution in [2.24, 2.45) is 11.7 Å². The van der Waals surface area contributed by atoms with Crippen LogP contribution in [0.5, 0.6) is 11.5 Å². The summed E-state index contributed by atoms with van der Waals surface area (Å²) in [5, 5.41) is 32.5. The largest absolute Gasteiger partial charge is 0.484 e. The summed E-state index contributed by atoms with van der Waals surface area (Å²) >= 11 is 0. The van der Waals surface area contributed by atoms with Gasteiger partial charge in [-0.15, -0.1) is 0 Å². The number of aliphatic carboxylic acids is 2. The molecule has 2 amide bonds. The number of amides is 2. The third-order valence-electron chi connectivity index (χ3n) is 4.96. The van der Waals surface area contributed by atoms with Crippen molar-refractivity contribution in [3.05, 3.63) is 59.7 Å². The Morgan fingerprint density at radius 2 is 0.925 bits per heavy atom. The van der Waals surface area contributed by atoms with Crippen molar-refractivity contribution in [3.8, 4) is 11.5 Å². The lowest BCUT2D eigenvalue weighted by molar-refractivity contribution is -0.165. The number of carboxylic acids is 2. The first-order chi connectivity index (χ1) is 18.7. The van der Waals surface area contributed by atoms with E-state index in [0.717, 1.165) is 0 Å². The molecule has 0 aliphatic rings. The molecule has 2 atom stereocenters. The van der Waals surface area contributed by atoms with Crippen molar-refractivity contribution in [1.82, 2.24) is 10.9 Å². The highest BCUT2D eigenvalue weighted by Gasteiger charge is 2.29. The molecule has 0 aliphatic carbocycles. The van der Waals surface area contributed by atoms with Crippen molar-refractivity contribution < 1.29 is 49.1 Å². The zero-order chi connectivity index (χ0) is 30.8. The van der Waals surface area contributed by atoms with E-state index < -0.39 is 24.1 Å². The van der Waals surface area contributed by atoms with Crippen LogP contribution in [0, 0.1) is 0 Å². The molecule has 0 fully saturated rings. The van der Waals surface area contributed by atoms with Gasteiger partial charge in [-0.1, -0.05) is 52.0 Å². The number of ether oxygens (including phenoxy) is 2. The zero-order valence-corrected chi connectivity index (χ0v) is 22.7. The average molecular weight is 567 g/mol. The Bertz CT molecular complexity index is 975. The summed E-state index contributed by atoms with van der Waals surface area (Å²) in [4.78, 5) is 41.1. The highest BCUT2D eigenvalue weighted by Crippen LogP contribution is 2.19. The highest BCUT2D eigenvalue weighted by atomic mass is 16.5. The molecule has 0 radical (unpaired) electrons. The highest BCUT2D eigenvalue weighted by molar-refractivity contribution is 5.83. The number of aliphatic hydroxyl groups is 2. The number of benzene rings is 2. The lowest BCUT2D eigenvalue weighted by Crippen LogP contribution is -2.39. The molecule has 222 valence electrons. The molecule has 2 rings (SSSR count). The predicted molar refractivity (Wildman–Crippen MR) is 144 cm³/mol. The Labute approximate surface area is 231 Å². The fraction of sp³-hybridized carbons (Fsp3) is 0.385. The summed E-state index contributed by atoms with van der Waals surface area (Å²) in [6.07, 6.45) is -4.53. The molecule has 40 heavy (non-hydrogen) atoms. The molecular formula is C26H38N4O10. The van der Waals surface area contributed by atoms with Crippen LogP contribution in [0.25, 0.3) is 0 Å². The number of hydrogen-bond acceptors (Lipinski definition) is 10. The van der Waals surface area contributed by atoms with E-state index in [0.29, 0.717) is 23.3 Å². The van der Waals surface area contributed by atoms with Crippen molar-refractivity contribution in [2.75, 3.05) is 13.2 Å². The van der Waals surface area contributed by atoms with Gasteiger partial charge in [-0.25, -0.2) is 21.3 Å². The Morgan fingerprint density at radius 3 is 1.12 bits per heavy atom. The van der Waals surface area contributed by atoms with Crippen LogP contribution in [0.4, 0.5) is 0 Å². The minimum atomic E-state index is -2.27. The van der Waals surface area contributed by atoms with Crippen LogP contribution in [0.2, 0.25) is 0 Å². The van der Waals surface area contributed by atoms with Crippen LogP contribution < -0.4 is 32.0 Å². The topological polar surface area (TPSA) is 244 Å². The number of hydrogen-bond donors (Lipinski definition) is 8. The third kappa shape index (κ3) is 14.6. The maximum Gasteiger partial charge on any atom is 0.335 e. The smallest absolute Gasteiger partial charge is 0.335 e. The molecule has 2 unspecified atom stereocenters. The number of rotatable bonds is 11. The molecule has 14 nitrogen and oxygen atoms in total. The van der Waals surface area contributed by atoms with Gasteiger partial charge >= 0.3 is 11.9 Å². The van der Waals surface area contributed by atoms with Crippen molar-refractivity contribution in [1.29, 1.82) is 0 Å². The third-order valence-corrected chi connectivity index (χ3v) is 4.96. The van der Waals surface area contributed by atoms with Gasteiger partial charge in [-0.3, -0.25) is 20.4 Å². The molecule has 0 bridgehead atoms. The number of nitrogens with one attached hydrogen (secondary N) is 2. The maximum atomic E-state index is 10.8. The second-order valence-electron chi connectivity index (χ2n) is 8.73. The molecule has 2 aromatic rings. The summed E-state index contributed by atoms with van der Waals surface area (Å²) in [7, 11) is 0. The Balaban J connectivity index is 0.000000585. The Kier molecular flexibility index (Phi) is 16.9. The number of carboxylic acid groups (broad SMARTS) is 2. The number of carbonyl (C=O) groups excluding carboxylic acids is 2. The van der Waals surface area contributed by atoms with Crippen molar-refractivity contribution in [2.45, 2.75) is 51.7 Å². The number of nitrogens with two attached hydrogens (primary N) is 2. The van der Waals surface area contributed by atoms with Gasteiger partial charge in [0.05, 0.1) is 0 Å². The number of aliphatic hydroxyl groups excluding tert-OH is 2. The van der Waals surface area contributed by atoms with Gasteiger partial charge in [-0.05, 0) is 47.2 Å². The van der Waals surface area contributed by atoms with E-state index in [1.807, 2.05) is 59.4 Å². The van der Waals surface area contributed by atoms with Crippen LogP contribution >= 0.6 is 0 Å². The van der Waals surface area contributed by atoms with Crippen LogP contribution in [0.15, 0.2) is 48.5 Å². The molecule has 0 aromatic heterocycles. The van der Waals surface area contributed by atoms with Crippen LogP contribution in [0.3, 0.4) is 0 Å². The van der Waals surface area contributed by atoms with Gasteiger partial charge in [0.15, 0.2) is 25.4 Å². The van der Waals surface area contributed by atoms with Gasteiger partial charge in [-0.2, -0.15) is 0 Å². The first-order valence-electron chi connectivity index (χ1n) is 12.0. The summed E-state index contributed by atoms with van der Waals surface area (Å²) in [5.74, 6) is 7.94. The van der Waals surface area contributed by atoms with Gasteiger partial charge in [0.25, 0.3) is 11.8 Å². The van der Waals surface area contributed by atoms with Gasteiger partial charge in [0.2, 0.25) is 0 Å². The van der Waals surface area contributed by atoms with Crippen LogP contribution in [-0.2, 0) is 19.2 Å². The van der Waals surface area contributed by atoms with E-state index in [-0.39, 0.29) is 25.0 Å². The van der Waals surface area contributed by atoms with Crippen molar-refractivity contribution >= 4 is 23.8 Å². The van der Waals surface area contributed by atoms with E-state index in [9.17, 15) is 19.2 Å². The second-order valence-corrected chi connectivity index (χ2v) is 8.73. The standard InChI is InChI=1S/2C11H16N2O2.C4H6O6/c2*1-8(2)9-3-5-10(6-4-9)15-7-11(14)13-12;5-1(3(7)8)2(6)4(9)10/h2*3-6,8H,7,12H2,1-2H3,(H,13,14);1-2,5-6H,(H,7,8)(H,9,10). The molecule has 0 heterocycles. The molecule has 0 saturated heterocycles. The summed E-state index contributed by atoms with van der Waals surface area (Å²) in [6, 6.07) is 15.3. The summed E-state index contributed by atoms with van der Waals surface area (Å²) < 4.78 is 10.4. The van der Waals surface area contributed by atoms with E-state index in [1.165, 1.54) is 11.1 Å². The second kappa shape index (κ2) is 18.9. The summed E-state index contributed by atoms with van der Waals surface area (Å²) in [5.41, 5.74) is 6.48. The SMILES string of the molecule is CC(C)c1ccc(OCC(=O)NN)cc1.CC(C)c1ccc(OCC(=O)NN)cc1.O=C(O)C(O)C(O)C(=O)O. The van der Waals surface area contributed by atoms with E-state index >= 15 is 0 Å². The predicted octanol–water partition coefficient (Wildman–Crippen LogP) is 0.235. The summed E-state index contributed by atoms with van der Waals surface area (Å²) in [6.45, 7) is 8.37. The number of carbonyl (C=O) groups is 4. The minimum absolute atomic E-state index is 0.0580. The maximum absolute atomic E-state index is 10.8. The molecular weight excluding hydrogens is 528 g/mol. The first-order valence-corrected chi connectivity index (χ1v) is 12.0. The first kappa shape index (κ1) is 35.8. The molecule has 0 saturated carbocycles. The minimum Gasteiger partial charge on any atom is -0.484 e. The molecule has 0 spiro atoms. The molecule has 14 heteroatoms. The molecule has 2 aromatic carbocycles. The fourth-order valence-electron chi connectivity index (χ4n) is 2.55. The monoisotopic (exact) mass is 566 g/mol. The average Bonchev–Trinajstić information content (AvgIpc) is 2.94. The molecule has 0 aliphatic heterocycles. The van der Waals surface area contributed by atoms with Gasteiger partial charge < -0.3 is 29.9 Å². The lowest BCUT2D eigenvalue weighted by atomic mass is 10.0. The zero-order valence-electron chi connectivity index (χ0n) is 22.7. The molecule has 10 N–H and O–H groups in total. The lowest BCUT2D eigenvalue weighted by Gasteiger charge is -2.08. The van der Waals surface area contributed by atoms with E-state index in [1.54, 1.807) is 0 Å². The van der Waals surface area contributed by atoms with Crippen molar-refractivity contribution in [3.63, 3.8) is 0 Å². The Morgan fingerprint density at radius 1 is 0.650 bits per heavy atom. The van der Waals surface area contributed by atoms with Gasteiger partial charge in [0.1, 0.15) is 11.5 Å². The normalized spacial score (nSPS) is 11.6. The van der Waals surface area contributed by atoms with E-state index in [2.05, 4.69) is 27.7 Å².